The molecule has 1 aliphatic rings. The van der Waals surface area contributed by atoms with Crippen LogP contribution in [0, 0.1) is 0 Å². The molecule has 2 rings (SSSR count). The zero-order chi connectivity index (χ0) is 14.7. The number of ketones is 1. The Morgan fingerprint density at radius 2 is 2.00 bits per heavy atom. The van der Waals surface area contributed by atoms with Gasteiger partial charge in [-0.3, -0.25) is 14.4 Å². The Bertz CT molecular complexity index is 574. The summed E-state index contributed by atoms with van der Waals surface area (Å²) in [7, 11) is 0. The van der Waals surface area contributed by atoms with E-state index in [4.69, 9.17) is 12.2 Å². The number of hydrogen-bond acceptors (Lipinski definition) is 5. The van der Waals surface area contributed by atoms with E-state index in [0.717, 1.165) is 17.3 Å². The van der Waals surface area contributed by atoms with Crippen molar-refractivity contribution in [3.05, 3.63) is 35.9 Å². The Morgan fingerprint density at radius 3 is 2.55 bits per heavy atom. The van der Waals surface area contributed by atoms with E-state index in [1.54, 1.807) is 6.92 Å². The summed E-state index contributed by atoms with van der Waals surface area (Å²) >= 11 is 5.68. The SMILES string of the molecule is C[C@@H](NC(=O)C(=O)[C@H]1SC(=S)NC1=O)c1ccccc1. The van der Waals surface area contributed by atoms with E-state index in [9.17, 15) is 14.4 Å². The van der Waals surface area contributed by atoms with Gasteiger partial charge in [0.2, 0.25) is 11.7 Å². The second-order valence-electron chi connectivity index (χ2n) is 4.24. The number of Topliss-reactive ketones (excluding diaryl/α,β-unsaturated/α-hetero) is 1. The van der Waals surface area contributed by atoms with Crippen LogP contribution in [0.15, 0.2) is 30.3 Å². The van der Waals surface area contributed by atoms with Crippen LogP contribution in [-0.4, -0.2) is 27.2 Å². The van der Waals surface area contributed by atoms with Gasteiger partial charge in [0.1, 0.15) is 4.32 Å². The van der Waals surface area contributed by atoms with E-state index < -0.39 is 22.8 Å². The van der Waals surface area contributed by atoms with Gasteiger partial charge in [0.05, 0.1) is 6.04 Å². The summed E-state index contributed by atoms with van der Waals surface area (Å²) in [5.41, 5.74) is 0.882. The van der Waals surface area contributed by atoms with E-state index in [1.165, 1.54) is 0 Å². The molecule has 1 aliphatic heterocycles. The first-order valence-corrected chi connectivity index (χ1v) is 7.19. The largest absolute Gasteiger partial charge is 0.343 e. The van der Waals surface area contributed by atoms with Gasteiger partial charge in [-0.2, -0.15) is 0 Å². The molecule has 1 saturated heterocycles. The minimum atomic E-state index is -1.08. The second-order valence-corrected chi connectivity index (χ2v) is 6.03. The molecule has 1 aromatic rings. The van der Waals surface area contributed by atoms with E-state index in [1.807, 2.05) is 30.3 Å². The highest BCUT2D eigenvalue weighted by Crippen LogP contribution is 2.20. The first-order valence-electron chi connectivity index (χ1n) is 5.90. The van der Waals surface area contributed by atoms with Gasteiger partial charge in [-0.1, -0.05) is 54.3 Å². The molecule has 0 unspecified atom stereocenters. The summed E-state index contributed by atoms with van der Waals surface area (Å²) in [5.74, 6) is -2.10. The molecular formula is C13H12N2O3S2. The Kier molecular flexibility index (Phi) is 4.51. The molecule has 1 fully saturated rings. The van der Waals surface area contributed by atoms with Gasteiger partial charge in [0.25, 0.3) is 5.91 Å². The van der Waals surface area contributed by atoms with Crippen molar-refractivity contribution in [2.24, 2.45) is 0 Å². The quantitative estimate of drug-likeness (QED) is 0.492. The van der Waals surface area contributed by atoms with E-state index in [2.05, 4.69) is 10.6 Å². The Hall–Kier alpha value is -1.73. The van der Waals surface area contributed by atoms with Gasteiger partial charge in [0, 0.05) is 0 Å². The second kappa shape index (κ2) is 6.15. The van der Waals surface area contributed by atoms with Crippen molar-refractivity contribution in [2.75, 3.05) is 0 Å². The van der Waals surface area contributed by atoms with Crippen molar-refractivity contribution >= 4 is 45.9 Å². The molecule has 1 aromatic carbocycles. The lowest BCUT2D eigenvalue weighted by Gasteiger charge is -2.14. The van der Waals surface area contributed by atoms with Gasteiger partial charge >= 0.3 is 0 Å². The van der Waals surface area contributed by atoms with Crippen LogP contribution in [0.4, 0.5) is 0 Å². The van der Waals surface area contributed by atoms with Crippen LogP contribution >= 0.6 is 24.0 Å². The number of amides is 2. The van der Waals surface area contributed by atoms with Gasteiger partial charge < -0.3 is 10.6 Å². The van der Waals surface area contributed by atoms with Crippen LogP contribution in [0.5, 0.6) is 0 Å². The zero-order valence-corrected chi connectivity index (χ0v) is 12.2. The topological polar surface area (TPSA) is 75.3 Å². The molecule has 0 aliphatic carbocycles. The number of carbonyl (C=O) groups is 3. The first kappa shape index (κ1) is 14.7. The third-order valence-electron chi connectivity index (χ3n) is 2.80. The smallest absolute Gasteiger partial charge is 0.289 e. The van der Waals surface area contributed by atoms with Crippen molar-refractivity contribution in [3.63, 3.8) is 0 Å². The number of thioether (sulfide) groups is 1. The van der Waals surface area contributed by atoms with Gasteiger partial charge in [-0.25, -0.2) is 0 Å². The van der Waals surface area contributed by atoms with Crippen molar-refractivity contribution in [2.45, 2.75) is 18.2 Å². The van der Waals surface area contributed by atoms with Crippen molar-refractivity contribution in [1.82, 2.24) is 10.6 Å². The molecule has 2 atom stereocenters. The lowest BCUT2D eigenvalue weighted by molar-refractivity contribution is -0.139. The van der Waals surface area contributed by atoms with E-state index >= 15 is 0 Å². The van der Waals surface area contributed by atoms with Crippen LogP contribution in [0.25, 0.3) is 0 Å². The van der Waals surface area contributed by atoms with Crippen LogP contribution in [0.2, 0.25) is 0 Å². The molecule has 104 valence electrons. The molecule has 0 spiro atoms. The highest BCUT2D eigenvalue weighted by atomic mass is 32.2. The van der Waals surface area contributed by atoms with E-state index in [-0.39, 0.29) is 10.4 Å². The number of thiocarbonyl (C=S) groups is 1. The monoisotopic (exact) mass is 308 g/mol. The minimum Gasteiger partial charge on any atom is -0.343 e. The molecule has 0 radical (unpaired) electrons. The molecule has 2 N–H and O–H groups in total. The number of rotatable bonds is 4. The Balaban J connectivity index is 2.00. The third-order valence-corrected chi connectivity index (χ3v) is 4.17. The highest BCUT2D eigenvalue weighted by molar-refractivity contribution is 8.25. The van der Waals surface area contributed by atoms with Crippen LogP contribution in [-0.2, 0) is 14.4 Å². The maximum absolute atomic E-state index is 11.9. The maximum Gasteiger partial charge on any atom is 0.289 e. The summed E-state index contributed by atoms with van der Waals surface area (Å²) in [5, 5.41) is 3.85. The number of carbonyl (C=O) groups excluding carboxylic acids is 3. The number of nitrogens with one attached hydrogen (secondary N) is 2. The summed E-state index contributed by atoms with van der Waals surface area (Å²) in [4.78, 5) is 35.2. The van der Waals surface area contributed by atoms with Gasteiger partial charge in [0.15, 0.2) is 5.25 Å². The third kappa shape index (κ3) is 3.23. The summed E-state index contributed by atoms with van der Waals surface area (Å²) in [6, 6.07) is 8.94. The average Bonchev–Trinajstić information content (AvgIpc) is 2.77. The predicted molar refractivity (Wildman–Crippen MR) is 80.1 cm³/mol. The van der Waals surface area contributed by atoms with Crippen molar-refractivity contribution < 1.29 is 14.4 Å². The molecule has 0 aromatic heterocycles. The van der Waals surface area contributed by atoms with Crippen LogP contribution in [0.3, 0.4) is 0 Å². The van der Waals surface area contributed by atoms with Crippen molar-refractivity contribution in [1.29, 1.82) is 0 Å². The fourth-order valence-corrected chi connectivity index (χ4v) is 2.88. The maximum atomic E-state index is 11.9. The number of hydrogen-bond donors (Lipinski definition) is 2. The van der Waals surface area contributed by atoms with Gasteiger partial charge in [-0.15, -0.1) is 0 Å². The molecule has 0 saturated carbocycles. The first-order chi connectivity index (χ1) is 9.49. The minimum absolute atomic E-state index is 0.220. The van der Waals surface area contributed by atoms with Gasteiger partial charge in [-0.05, 0) is 12.5 Å². The fourth-order valence-electron chi connectivity index (χ4n) is 1.74. The highest BCUT2D eigenvalue weighted by Gasteiger charge is 2.38. The molecule has 1 heterocycles. The Morgan fingerprint density at radius 1 is 1.35 bits per heavy atom. The normalized spacial score (nSPS) is 19.4. The predicted octanol–water partition coefficient (Wildman–Crippen LogP) is 0.949. The summed E-state index contributed by atoms with van der Waals surface area (Å²) < 4.78 is 0.220. The molecule has 0 bridgehead atoms. The average molecular weight is 308 g/mol. The van der Waals surface area contributed by atoms with E-state index in [0.29, 0.717) is 0 Å². The molecular weight excluding hydrogens is 296 g/mol. The molecule has 5 nitrogen and oxygen atoms in total. The molecule has 7 heteroatoms. The summed E-state index contributed by atoms with van der Waals surface area (Å²) in [6.45, 7) is 1.77. The molecule has 2 amide bonds. The zero-order valence-electron chi connectivity index (χ0n) is 10.6. The number of benzene rings is 1. The summed E-state index contributed by atoms with van der Waals surface area (Å²) in [6.07, 6.45) is 0. The standard InChI is InChI=1S/C13H12N2O3S2/c1-7(8-5-3-2-4-6-8)14-11(17)9(16)10-12(18)15-13(19)20-10/h2-7,10H,1H3,(H,14,17)(H,15,18,19)/t7-,10-/m1/s1. The lowest BCUT2D eigenvalue weighted by atomic mass is 10.1. The fraction of sp³-hybridized carbons (Fsp3) is 0.231. The lowest BCUT2D eigenvalue weighted by Crippen LogP contribution is -2.41. The van der Waals surface area contributed by atoms with Crippen LogP contribution < -0.4 is 10.6 Å². The van der Waals surface area contributed by atoms with Crippen molar-refractivity contribution in [3.8, 4) is 0 Å². The van der Waals surface area contributed by atoms with Crippen LogP contribution in [0.1, 0.15) is 18.5 Å². The molecule has 20 heavy (non-hydrogen) atoms. The Labute approximate surface area is 125 Å².